The van der Waals surface area contributed by atoms with Gasteiger partial charge >= 0.3 is 5.97 Å². The van der Waals surface area contributed by atoms with Gasteiger partial charge in [-0.2, -0.15) is 0 Å². The van der Waals surface area contributed by atoms with E-state index in [1.807, 2.05) is 0 Å². The Labute approximate surface area is 138 Å². The molecule has 3 aliphatic rings. The van der Waals surface area contributed by atoms with Crippen LogP contribution in [-0.2, 0) is 33.2 Å². The Kier molecular flexibility index (Phi) is 4.03. The third-order valence-electron chi connectivity index (χ3n) is 4.22. The van der Waals surface area contributed by atoms with Crippen LogP contribution in [0.5, 0.6) is 0 Å². The van der Waals surface area contributed by atoms with Crippen molar-refractivity contribution in [2.75, 3.05) is 13.7 Å². The van der Waals surface area contributed by atoms with Crippen molar-refractivity contribution in [2.45, 2.75) is 69.4 Å². The van der Waals surface area contributed by atoms with Gasteiger partial charge in [0.2, 0.25) is 0 Å². The number of esters is 1. The number of carbonyl (C=O) groups is 1. The SMILES string of the molecule is COC(=O)[C@]1(N=[N+]=[N-])O[C@H]([C@H]2COC(C)(C)O2)[C@@H]2OC(C)(C)O[C@@H]21. The van der Waals surface area contributed by atoms with Gasteiger partial charge in [0, 0.05) is 4.91 Å². The Hall–Kier alpha value is -1.42. The van der Waals surface area contributed by atoms with Crippen LogP contribution in [0.3, 0.4) is 0 Å². The lowest BCUT2D eigenvalue weighted by atomic mass is 10.0. The van der Waals surface area contributed by atoms with Gasteiger partial charge in [0.1, 0.15) is 24.4 Å². The van der Waals surface area contributed by atoms with Gasteiger partial charge in [-0.25, -0.2) is 4.79 Å². The molecule has 0 aromatic rings. The third-order valence-corrected chi connectivity index (χ3v) is 4.22. The van der Waals surface area contributed by atoms with E-state index in [4.69, 9.17) is 34.0 Å². The minimum absolute atomic E-state index is 0.248. The van der Waals surface area contributed by atoms with Gasteiger partial charge < -0.3 is 28.4 Å². The number of hydrogen-bond acceptors (Lipinski definition) is 8. The van der Waals surface area contributed by atoms with Gasteiger partial charge in [-0.3, -0.25) is 0 Å². The first-order valence-corrected chi connectivity index (χ1v) is 7.64. The van der Waals surface area contributed by atoms with Gasteiger partial charge in [-0.15, -0.1) is 0 Å². The zero-order chi connectivity index (χ0) is 17.8. The smallest absolute Gasteiger partial charge is 0.347 e. The first-order valence-electron chi connectivity index (χ1n) is 7.64. The van der Waals surface area contributed by atoms with Crippen LogP contribution in [0.25, 0.3) is 10.4 Å². The highest BCUT2D eigenvalue weighted by molar-refractivity contribution is 5.81. The highest BCUT2D eigenvalue weighted by Crippen LogP contribution is 2.48. The maximum atomic E-state index is 12.3. The number of carbonyl (C=O) groups excluding carboxylic acids is 1. The van der Waals surface area contributed by atoms with Crippen molar-refractivity contribution < 1.29 is 33.2 Å². The van der Waals surface area contributed by atoms with Crippen LogP contribution in [0.1, 0.15) is 27.7 Å². The summed E-state index contributed by atoms with van der Waals surface area (Å²) in [4.78, 5) is 15.1. The van der Waals surface area contributed by atoms with Crippen molar-refractivity contribution in [1.29, 1.82) is 0 Å². The molecule has 0 bridgehead atoms. The number of methoxy groups -OCH3 is 1. The highest BCUT2D eigenvalue weighted by Gasteiger charge is 2.69. The minimum atomic E-state index is -1.97. The summed E-state index contributed by atoms with van der Waals surface area (Å²) in [7, 11) is 1.18. The van der Waals surface area contributed by atoms with Crippen LogP contribution in [0, 0.1) is 0 Å². The van der Waals surface area contributed by atoms with E-state index in [-0.39, 0.29) is 6.61 Å². The largest absolute Gasteiger partial charge is 0.467 e. The Morgan fingerprint density at radius 2 is 1.83 bits per heavy atom. The van der Waals surface area contributed by atoms with Crippen LogP contribution >= 0.6 is 0 Å². The van der Waals surface area contributed by atoms with E-state index in [1.54, 1.807) is 27.7 Å². The topological polar surface area (TPSA) is 121 Å². The summed E-state index contributed by atoms with van der Waals surface area (Å²) in [6, 6.07) is 0. The zero-order valence-corrected chi connectivity index (χ0v) is 14.2. The molecule has 0 unspecified atom stereocenters. The first-order chi connectivity index (χ1) is 11.1. The second-order valence-electron chi connectivity index (χ2n) is 6.85. The van der Waals surface area contributed by atoms with E-state index in [9.17, 15) is 4.79 Å². The van der Waals surface area contributed by atoms with E-state index < -0.39 is 47.7 Å². The zero-order valence-electron chi connectivity index (χ0n) is 14.2. The predicted molar refractivity (Wildman–Crippen MR) is 77.5 cm³/mol. The fourth-order valence-electron chi connectivity index (χ4n) is 3.34. The Bertz CT molecular complexity index is 589. The normalized spacial score (nSPS) is 42.4. The molecule has 3 heterocycles. The molecule has 0 amide bonds. The number of hydrogen-bond donors (Lipinski definition) is 0. The lowest BCUT2D eigenvalue weighted by Crippen LogP contribution is -2.49. The maximum absolute atomic E-state index is 12.3. The molecule has 0 aliphatic carbocycles. The highest BCUT2D eigenvalue weighted by atomic mass is 16.8. The molecular weight excluding hydrogens is 322 g/mol. The van der Waals surface area contributed by atoms with E-state index >= 15 is 0 Å². The number of ether oxygens (including phenoxy) is 6. The second kappa shape index (κ2) is 5.55. The molecule has 0 aromatic heterocycles. The van der Waals surface area contributed by atoms with Crippen molar-refractivity contribution in [3.63, 3.8) is 0 Å². The van der Waals surface area contributed by atoms with E-state index in [2.05, 4.69) is 10.0 Å². The van der Waals surface area contributed by atoms with Gasteiger partial charge in [-0.1, -0.05) is 0 Å². The molecule has 10 nitrogen and oxygen atoms in total. The Morgan fingerprint density at radius 3 is 2.38 bits per heavy atom. The molecular formula is C14H21N3O7. The van der Waals surface area contributed by atoms with Crippen molar-refractivity contribution in [3.05, 3.63) is 10.4 Å². The van der Waals surface area contributed by atoms with Crippen LogP contribution < -0.4 is 0 Å². The summed E-state index contributed by atoms with van der Waals surface area (Å²) in [6.07, 6.45) is -2.85. The lowest BCUT2D eigenvalue weighted by Gasteiger charge is -2.29. The molecule has 134 valence electrons. The number of nitrogens with zero attached hydrogens (tertiary/aromatic N) is 3. The van der Waals surface area contributed by atoms with Crippen molar-refractivity contribution in [3.8, 4) is 0 Å². The average Bonchev–Trinajstić information content (AvgIpc) is 3.09. The number of fused-ring (bicyclic) bond motifs is 1. The summed E-state index contributed by atoms with van der Waals surface area (Å²) >= 11 is 0. The number of rotatable bonds is 3. The average molecular weight is 343 g/mol. The molecule has 3 saturated heterocycles. The third kappa shape index (κ3) is 2.65. The molecule has 0 aromatic carbocycles. The second-order valence-corrected chi connectivity index (χ2v) is 6.85. The fourth-order valence-corrected chi connectivity index (χ4v) is 3.34. The van der Waals surface area contributed by atoms with Crippen LogP contribution in [0.4, 0.5) is 0 Å². The molecule has 0 spiro atoms. The minimum Gasteiger partial charge on any atom is -0.467 e. The summed E-state index contributed by atoms with van der Waals surface area (Å²) < 4.78 is 33.7. The van der Waals surface area contributed by atoms with Crippen molar-refractivity contribution >= 4 is 5.97 Å². The molecule has 3 fully saturated rings. The summed E-state index contributed by atoms with van der Waals surface area (Å²) in [6.45, 7) is 7.21. The molecule has 0 radical (unpaired) electrons. The Balaban J connectivity index is 1.98. The van der Waals surface area contributed by atoms with Gasteiger partial charge in [0.15, 0.2) is 11.6 Å². The molecule has 10 heteroatoms. The summed E-state index contributed by atoms with van der Waals surface area (Å²) in [5, 5.41) is 3.57. The van der Waals surface area contributed by atoms with Gasteiger partial charge in [0.25, 0.3) is 5.72 Å². The standard InChI is InChI=1S/C14H21N3O7/c1-12(2)20-6-7(21-12)8-9-10(24-13(3,4)22-9)14(23-8,16-17-15)11(18)19-5/h7-10H,6H2,1-5H3/t7-,8-,9+,10+,14-/m1/s1. The predicted octanol–water partition coefficient (Wildman–Crippen LogP) is 1.24. The van der Waals surface area contributed by atoms with Gasteiger partial charge in [0.05, 0.1) is 13.7 Å². The van der Waals surface area contributed by atoms with Crippen LogP contribution in [0.15, 0.2) is 5.11 Å². The maximum Gasteiger partial charge on any atom is 0.347 e. The van der Waals surface area contributed by atoms with E-state index in [1.165, 1.54) is 7.11 Å². The Morgan fingerprint density at radius 1 is 1.12 bits per heavy atom. The quantitative estimate of drug-likeness (QED) is 0.327. The first kappa shape index (κ1) is 17.4. The summed E-state index contributed by atoms with van der Waals surface area (Å²) in [5.41, 5.74) is 6.97. The van der Waals surface area contributed by atoms with Crippen LogP contribution in [-0.4, -0.2) is 61.4 Å². The monoisotopic (exact) mass is 343 g/mol. The summed E-state index contributed by atoms with van der Waals surface area (Å²) in [5.74, 6) is -2.61. The van der Waals surface area contributed by atoms with E-state index in [0.717, 1.165) is 0 Å². The van der Waals surface area contributed by atoms with Crippen molar-refractivity contribution in [1.82, 2.24) is 0 Å². The van der Waals surface area contributed by atoms with Crippen LogP contribution in [0.2, 0.25) is 0 Å². The van der Waals surface area contributed by atoms with Gasteiger partial charge in [-0.05, 0) is 38.3 Å². The number of azide groups is 1. The molecule has 3 aliphatic heterocycles. The molecule has 24 heavy (non-hydrogen) atoms. The molecule has 5 atom stereocenters. The molecule has 3 rings (SSSR count). The fraction of sp³-hybridized carbons (Fsp3) is 0.929. The van der Waals surface area contributed by atoms with Crippen molar-refractivity contribution in [2.24, 2.45) is 5.11 Å². The molecule has 0 N–H and O–H groups in total. The molecule has 0 saturated carbocycles. The van der Waals surface area contributed by atoms with E-state index in [0.29, 0.717) is 0 Å². The lowest BCUT2D eigenvalue weighted by molar-refractivity contribution is -0.230.